The van der Waals surface area contributed by atoms with E-state index in [-0.39, 0.29) is 22.7 Å². The molecule has 2 amide bonds. The van der Waals surface area contributed by atoms with Crippen LogP contribution in [0.15, 0.2) is 18.3 Å². The van der Waals surface area contributed by atoms with E-state index in [2.05, 4.69) is 22.1 Å². The molecular formula is C18H24N4O3S. The molecule has 0 aliphatic carbocycles. The third kappa shape index (κ3) is 3.27. The molecule has 4 heterocycles. The molecule has 1 N–H and O–H groups in total. The van der Waals surface area contributed by atoms with Crippen LogP contribution >= 0.6 is 11.8 Å². The van der Waals surface area contributed by atoms with Crippen molar-refractivity contribution in [3.8, 4) is 0 Å². The first-order chi connectivity index (χ1) is 12.6. The molecule has 3 fully saturated rings. The number of pyridine rings is 1. The predicted molar refractivity (Wildman–Crippen MR) is 99.8 cm³/mol. The minimum atomic E-state index is -0.361. The first-order valence-corrected chi connectivity index (χ1v) is 10.1. The molecule has 140 valence electrons. The lowest BCUT2D eigenvalue weighted by Crippen LogP contribution is -2.49. The summed E-state index contributed by atoms with van der Waals surface area (Å²) < 4.78 is 5.38. The van der Waals surface area contributed by atoms with Crippen molar-refractivity contribution in [2.75, 3.05) is 37.0 Å². The van der Waals surface area contributed by atoms with Gasteiger partial charge in [0.25, 0.3) is 0 Å². The molecule has 8 heteroatoms. The predicted octanol–water partition coefficient (Wildman–Crippen LogP) is 0.988. The number of rotatable bonds is 4. The number of carbonyl (C=O) groups excluding carboxylic acids is 2. The van der Waals surface area contributed by atoms with Gasteiger partial charge in [-0.15, -0.1) is 11.8 Å². The van der Waals surface area contributed by atoms with E-state index in [4.69, 9.17) is 4.74 Å². The van der Waals surface area contributed by atoms with Crippen LogP contribution in [0.2, 0.25) is 0 Å². The molecule has 26 heavy (non-hydrogen) atoms. The molecule has 0 aromatic carbocycles. The number of carbonyl (C=O) groups is 2. The average molecular weight is 376 g/mol. The van der Waals surface area contributed by atoms with Crippen molar-refractivity contribution in [1.82, 2.24) is 15.2 Å². The maximum absolute atomic E-state index is 12.7. The smallest absolute Gasteiger partial charge is 0.243 e. The summed E-state index contributed by atoms with van der Waals surface area (Å²) in [7, 11) is 0. The molecule has 1 aromatic rings. The van der Waals surface area contributed by atoms with Crippen molar-refractivity contribution < 1.29 is 14.3 Å². The molecular weight excluding hydrogens is 352 g/mol. The maximum atomic E-state index is 12.7. The Morgan fingerprint density at radius 1 is 1.46 bits per heavy atom. The molecule has 3 aliphatic rings. The zero-order chi connectivity index (χ0) is 18.1. The zero-order valence-corrected chi connectivity index (χ0v) is 15.8. The third-order valence-electron chi connectivity index (χ3n) is 5.36. The van der Waals surface area contributed by atoms with E-state index in [1.807, 2.05) is 12.1 Å². The highest BCUT2D eigenvalue weighted by Crippen LogP contribution is 2.47. The van der Waals surface area contributed by atoms with Crippen LogP contribution in [-0.4, -0.2) is 64.7 Å². The molecule has 1 aromatic heterocycles. The van der Waals surface area contributed by atoms with E-state index in [1.54, 1.807) is 22.9 Å². The second kappa shape index (κ2) is 7.08. The first-order valence-electron chi connectivity index (χ1n) is 9.08. The number of nitrogens with one attached hydrogen (secondary N) is 1. The van der Waals surface area contributed by atoms with Crippen LogP contribution in [0.1, 0.15) is 25.3 Å². The van der Waals surface area contributed by atoms with E-state index in [1.165, 1.54) is 0 Å². The summed E-state index contributed by atoms with van der Waals surface area (Å²) in [6.45, 7) is 5.59. The Labute approximate surface area is 157 Å². The highest BCUT2D eigenvalue weighted by Gasteiger charge is 2.52. The molecule has 3 aliphatic heterocycles. The van der Waals surface area contributed by atoms with Gasteiger partial charge in [-0.2, -0.15) is 0 Å². The minimum Gasteiger partial charge on any atom is -0.378 e. The number of aromatic nitrogens is 1. The summed E-state index contributed by atoms with van der Waals surface area (Å²) in [5.74, 6) is 1.61. The van der Waals surface area contributed by atoms with Gasteiger partial charge < -0.3 is 19.9 Å². The zero-order valence-electron chi connectivity index (χ0n) is 14.9. The lowest BCUT2D eigenvalue weighted by molar-refractivity contribution is -0.138. The Kier molecular flexibility index (Phi) is 4.79. The van der Waals surface area contributed by atoms with Gasteiger partial charge in [-0.1, -0.05) is 0 Å². The van der Waals surface area contributed by atoms with Gasteiger partial charge in [0.2, 0.25) is 11.8 Å². The summed E-state index contributed by atoms with van der Waals surface area (Å²) in [5.41, 5.74) is 1.01. The molecule has 2 unspecified atom stereocenters. The van der Waals surface area contributed by atoms with Gasteiger partial charge in [0.1, 0.15) is 11.9 Å². The summed E-state index contributed by atoms with van der Waals surface area (Å²) >= 11 is 1.71. The van der Waals surface area contributed by atoms with Gasteiger partial charge in [0.05, 0.1) is 18.1 Å². The molecule has 7 nitrogen and oxygen atoms in total. The highest BCUT2D eigenvalue weighted by atomic mass is 32.2. The minimum absolute atomic E-state index is 0.0683. The van der Waals surface area contributed by atoms with Crippen molar-refractivity contribution in [1.29, 1.82) is 0 Å². The first kappa shape index (κ1) is 17.6. The van der Waals surface area contributed by atoms with Crippen LogP contribution in [-0.2, 0) is 20.9 Å². The number of hydrogen-bond donors (Lipinski definition) is 1. The molecule has 0 spiro atoms. The lowest BCUT2D eigenvalue weighted by Gasteiger charge is -2.30. The lowest BCUT2D eigenvalue weighted by atomic mass is 10.2. The molecule has 0 bridgehead atoms. The van der Waals surface area contributed by atoms with E-state index in [0.29, 0.717) is 31.9 Å². The maximum Gasteiger partial charge on any atom is 0.243 e. The largest absolute Gasteiger partial charge is 0.378 e. The summed E-state index contributed by atoms with van der Waals surface area (Å²) in [4.78, 5) is 33.1. The highest BCUT2D eigenvalue weighted by molar-refractivity contribution is 8.01. The van der Waals surface area contributed by atoms with Crippen LogP contribution in [0, 0.1) is 0 Å². The van der Waals surface area contributed by atoms with E-state index in [9.17, 15) is 9.59 Å². The molecule has 3 saturated heterocycles. The van der Waals surface area contributed by atoms with Crippen molar-refractivity contribution in [2.24, 2.45) is 0 Å². The Balaban J connectivity index is 1.38. The number of hydrogen-bond acceptors (Lipinski definition) is 6. The standard InChI is InChI=1S/C18H24N4O3S/c1-18-4-2-16(23)22(18)14(12-26-18)17(24)20-11-13-3-5-19-15(10-13)21-6-8-25-9-7-21/h3,5,10,14H,2,4,6-9,11-12H2,1H3,(H,20,24). The van der Waals surface area contributed by atoms with Gasteiger partial charge in [-0.25, -0.2) is 4.98 Å². The summed E-state index contributed by atoms with van der Waals surface area (Å²) in [6.07, 6.45) is 3.15. The quantitative estimate of drug-likeness (QED) is 0.845. The number of thioether (sulfide) groups is 1. The van der Waals surface area contributed by atoms with E-state index in [0.717, 1.165) is 30.9 Å². The van der Waals surface area contributed by atoms with Crippen LogP contribution in [0.4, 0.5) is 5.82 Å². The second-order valence-corrected chi connectivity index (χ2v) is 8.61. The normalized spacial score (nSPS) is 28.3. The number of morpholine rings is 1. The molecule has 2 atom stereocenters. The summed E-state index contributed by atoms with van der Waals surface area (Å²) in [6, 6.07) is 3.57. The van der Waals surface area contributed by atoms with Crippen LogP contribution in [0.5, 0.6) is 0 Å². The van der Waals surface area contributed by atoms with Gasteiger partial charge >= 0.3 is 0 Å². The fourth-order valence-electron chi connectivity index (χ4n) is 3.86. The summed E-state index contributed by atoms with van der Waals surface area (Å²) in [5, 5.41) is 3.00. The Morgan fingerprint density at radius 2 is 2.27 bits per heavy atom. The number of nitrogens with zero attached hydrogens (tertiary/aromatic N) is 3. The van der Waals surface area contributed by atoms with Crippen molar-refractivity contribution in [3.05, 3.63) is 23.9 Å². The van der Waals surface area contributed by atoms with Crippen LogP contribution in [0.25, 0.3) is 0 Å². The topological polar surface area (TPSA) is 74.8 Å². The van der Waals surface area contributed by atoms with Gasteiger partial charge in [0.15, 0.2) is 0 Å². The van der Waals surface area contributed by atoms with Gasteiger partial charge in [-0.3, -0.25) is 9.59 Å². The number of ether oxygens (including phenoxy) is 1. The monoisotopic (exact) mass is 376 g/mol. The van der Waals surface area contributed by atoms with Crippen molar-refractivity contribution in [2.45, 2.75) is 37.2 Å². The molecule has 0 saturated carbocycles. The van der Waals surface area contributed by atoms with Crippen molar-refractivity contribution in [3.63, 3.8) is 0 Å². The van der Waals surface area contributed by atoms with Crippen LogP contribution < -0.4 is 10.2 Å². The van der Waals surface area contributed by atoms with Crippen molar-refractivity contribution >= 4 is 29.4 Å². The molecule has 4 rings (SSSR count). The third-order valence-corrected chi connectivity index (χ3v) is 6.86. The second-order valence-electron chi connectivity index (χ2n) is 7.11. The number of anilines is 1. The Morgan fingerprint density at radius 3 is 3.08 bits per heavy atom. The van der Waals surface area contributed by atoms with Gasteiger partial charge in [0, 0.05) is 38.0 Å². The SMILES string of the molecule is CC12CCC(=O)N1C(C(=O)NCc1ccnc(N3CCOCC3)c1)CS2. The Bertz CT molecular complexity index is 709. The van der Waals surface area contributed by atoms with Crippen LogP contribution in [0.3, 0.4) is 0 Å². The van der Waals surface area contributed by atoms with Gasteiger partial charge in [-0.05, 0) is 31.0 Å². The van der Waals surface area contributed by atoms with E-state index < -0.39 is 0 Å². The average Bonchev–Trinajstić information content (AvgIpc) is 3.17. The van der Waals surface area contributed by atoms with E-state index >= 15 is 0 Å². The number of fused-ring (bicyclic) bond motifs is 1. The number of amides is 2. The fraction of sp³-hybridized carbons (Fsp3) is 0.611. The Hall–Kier alpha value is -1.80. The molecule has 0 radical (unpaired) electrons. The fourth-order valence-corrected chi connectivity index (χ4v) is 5.29.